The van der Waals surface area contributed by atoms with Gasteiger partial charge in [0.2, 0.25) is 0 Å². The number of aromatic nitrogens is 2. The molecule has 1 aliphatic heterocycles. The van der Waals surface area contributed by atoms with Crippen LogP contribution < -0.4 is 0 Å². The van der Waals surface area contributed by atoms with Crippen LogP contribution in [0.25, 0.3) is 11.1 Å². The third kappa shape index (κ3) is 4.71. The number of carbonyl (C=O) groups excluding carboxylic acids is 1. The summed E-state index contributed by atoms with van der Waals surface area (Å²) in [5, 5.41) is 13.2. The number of hydrogen-bond acceptors (Lipinski definition) is 4. The van der Waals surface area contributed by atoms with Crippen molar-refractivity contribution < 1.29 is 14.6 Å². The predicted molar refractivity (Wildman–Crippen MR) is 99.9 cm³/mol. The Labute approximate surface area is 154 Å². The number of benzene rings is 1. The molecule has 0 spiro atoms. The number of ether oxygens (including phenoxy) is 1. The largest absolute Gasteiger partial charge is 0.394 e. The summed E-state index contributed by atoms with van der Waals surface area (Å²) in [6.45, 7) is 2.05. The van der Waals surface area contributed by atoms with Crippen molar-refractivity contribution in [2.24, 2.45) is 0 Å². The lowest BCUT2D eigenvalue weighted by Gasteiger charge is -2.25. The van der Waals surface area contributed by atoms with E-state index < -0.39 is 0 Å². The lowest BCUT2D eigenvalue weighted by molar-refractivity contribution is 0.00709. The lowest BCUT2D eigenvalue weighted by atomic mass is 10.0. The molecule has 3 rings (SSSR count). The fourth-order valence-corrected chi connectivity index (χ4v) is 3.26. The summed E-state index contributed by atoms with van der Waals surface area (Å²) < 4.78 is 7.44. The number of nitrogens with zero attached hydrogens (tertiary/aromatic N) is 3. The van der Waals surface area contributed by atoms with E-state index in [-0.39, 0.29) is 18.6 Å². The fraction of sp³-hybridized carbons (Fsp3) is 0.500. The van der Waals surface area contributed by atoms with Crippen molar-refractivity contribution in [2.75, 3.05) is 26.8 Å². The number of rotatable bonds is 7. The van der Waals surface area contributed by atoms with E-state index in [9.17, 15) is 4.79 Å². The number of aliphatic hydroxyl groups excluding tert-OH is 1. The predicted octanol–water partition coefficient (Wildman–Crippen LogP) is 2.57. The smallest absolute Gasteiger partial charge is 0.253 e. The number of aliphatic hydroxyl groups is 1. The Hall–Kier alpha value is -2.18. The summed E-state index contributed by atoms with van der Waals surface area (Å²) in [7, 11) is 1.84. The van der Waals surface area contributed by atoms with Gasteiger partial charge in [0.15, 0.2) is 0 Å². The average molecular weight is 357 g/mol. The second-order valence-corrected chi connectivity index (χ2v) is 6.80. The Morgan fingerprint density at radius 2 is 2.27 bits per heavy atom. The summed E-state index contributed by atoms with van der Waals surface area (Å²) in [6.07, 6.45) is 8.25. The molecule has 6 nitrogen and oxygen atoms in total. The van der Waals surface area contributed by atoms with E-state index in [1.807, 2.05) is 37.5 Å². The van der Waals surface area contributed by atoms with Gasteiger partial charge in [-0.25, -0.2) is 0 Å². The molecule has 1 aliphatic rings. The van der Waals surface area contributed by atoms with Crippen molar-refractivity contribution in [3.05, 3.63) is 42.2 Å². The quantitative estimate of drug-likeness (QED) is 0.827. The molecule has 0 radical (unpaired) electrons. The highest BCUT2D eigenvalue weighted by molar-refractivity contribution is 5.95. The van der Waals surface area contributed by atoms with Crippen LogP contribution in [0.4, 0.5) is 0 Å². The first kappa shape index (κ1) is 18.6. The molecule has 2 aromatic rings. The normalized spacial score (nSPS) is 17.2. The van der Waals surface area contributed by atoms with Crippen LogP contribution in [0.2, 0.25) is 0 Å². The van der Waals surface area contributed by atoms with Gasteiger partial charge in [0, 0.05) is 37.5 Å². The molecule has 6 heteroatoms. The highest BCUT2D eigenvalue weighted by Gasteiger charge is 2.17. The third-order valence-corrected chi connectivity index (χ3v) is 4.81. The van der Waals surface area contributed by atoms with E-state index in [0.29, 0.717) is 18.7 Å². The SMILES string of the molecule is CN(CCC1CCCCO1)C(=O)c1cccc(-c2cnn(CCO)c2)c1. The fourth-order valence-electron chi connectivity index (χ4n) is 3.26. The van der Waals surface area contributed by atoms with E-state index in [0.717, 1.165) is 37.0 Å². The van der Waals surface area contributed by atoms with Crippen molar-refractivity contribution >= 4 is 5.91 Å². The molecular formula is C20H27N3O3. The second kappa shape index (κ2) is 8.96. The van der Waals surface area contributed by atoms with Crippen LogP contribution in [0.15, 0.2) is 36.7 Å². The summed E-state index contributed by atoms with van der Waals surface area (Å²) in [5.41, 5.74) is 2.56. The van der Waals surface area contributed by atoms with E-state index >= 15 is 0 Å². The Balaban J connectivity index is 1.63. The monoisotopic (exact) mass is 357 g/mol. The molecule has 1 N–H and O–H groups in total. The molecule has 0 bridgehead atoms. The molecule has 0 aliphatic carbocycles. The molecule has 26 heavy (non-hydrogen) atoms. The van der Waals surface area contributed by atoms with Crippen LogP contribution in [0.5, 0.6) is 0 Å². The van der Waals surface area contributed by atoms with E-state index in [4.69, 9.17) is 9.84 Å². The van der Waals surface area contributed by atoms with Gasteiger partial charge in [-0.05, 0) is 43.4 Å². The standard InChI is InChI=1S/C20H27N3O3/c1-22(9-8-19-7-2-3-12-26-19)20(25)17-6-4-5-16(13-17)18-14-21-23(15-18)10-11-24/h4-6,13-15,19,24H,2-3,7-12H2,1H3. The van der Waals surface area contributed by atoms with Crippen LogP contribution >= 0.6 is 0 Å². The zero-order valence-corrected chi connectivity index (χ0v) is 15.3. The maximum atomic E-state index is 12.7. The van der Waals surface area contributed by atoms with Gasteiger partial charge in [-0.2, -0.15) is 5.10 Å². The zero-order valence-electron chi connectivity index (χ0n) is 15.3. The van der Waals surface area contributed by atoms with E-state index in [1.165, 1.54) is 6.42 Å². The van der Waals surface area contributed by atoms with Crippen molar-refractivity contribution in [3.63, 3.8) is 0 Å². The molecule has 2 heterocycles. The first-order valence-corrected chi connectivity index (χ1v) is 9.28. The number of amides is 1. The molecule has 0 saturated carbocycles. The number of carbonyl (C=O) groups is 1. The Kier molecular flexibility index (Phi) is 6.41. The van der Waals surface area contributed by atoms with Crippen molar-refractivity contribution in [3.8, 4) is 11.1 Å². The van der Waals surface area contributed by atoms with Gasteiger partial charge in [0.25, 0.3) is 5.91 Å². The summed E-state index contributed by atoms with van der Waals surface area (Å²) in [4.78, 5) is 14.5. The van der Waals surface area contributed by atoms with Crippen LogP contribution in [-0.4, -0.2) is 58.6 Å². The molecule has 1 aromatic heterocycles. The summed E-state index contributed by atoms with van der Waals surface area (Å²) in [6, 6.07) is 7.60. The first-order valence-electron chi connectivity index (χ1n) is 9.28. The third-order valence-electron chi connectivity index (χ3n) is 4.81. The van der Waals surface area contributed by atoms with Crippen LogP contribution in [0, 0.1) is 0 Å². The van der Waals surface area contributed by atoms with Gasteiger partial charge in [-0.3, -0.25) is 9.48 Å². The van der Waals surface area contributed by atoms with Gasteiger partial charge in [-0.1, -0.05) is 12.1 Å². The van der Waals surface area contributed by atoms with Gasteiger partial charge in [-0.15, -0.1) is 0 Å². The molecular weight excluding hydrogens is 330 g/mol. The minimum Gasteiger partial charge on any atom is -0.394 e. The van der Waals surface area contributed by atoms with Crippen LogP contribution in [-0.2, 0) is 11.3 Å². The zero-order chi connectivity index (χ0) is 18.4. The van der Waals surface area contributed by atoms with Crippen molar-refractivity contribution in [1.82, 2.24) is 14.7 Å². The molecule has 140 valence electrons. The maximum Gasteiger partial charge on any atom is 0.253 e. The minimum absolute atomic E-state index is 0.0189. The average Bonchev–Trinajstić information content (AvgIpc) is 3.15. The van der Waals surface area contributed by atoms with Crippen molar-refractivity contribution in [2.45, 2.75) is 38.3 Å². The molecule has 1 amide bonds. The topological polar surface area (TPSA) is 67.6 Å². The lowest BCUT2D eigenvalue weighted by Crippen LogP contribution is -2.31. The maximum absolute atomic E-state index is 12.7. The highest BCUT2D eigenvalue weighted by atomic mass is 16.5. The van der Waals surface area contributed by atoms with Gasteiger partial charge in [0.05, 0.1) is 25.5 Å². The Morgan fingerprint density at radius 3 is 3.04 bits per heavy atom. The van der Waals surface area contributed by atoms with Crippen molar-refractivity contribution in [1.29, 1.82) is 0 Å². The highest BCUT2D eigenvalue weighted by Crippen LogP contribution is 2.21. The molecule has 1 saturated heterocycles. The van der Waals surface area contributed by atoms with Crippen LogP contribution in [0.1, 0.15) is 36.0 Å². The summed E-state index contributed by atoms with van der Waals surface area (Å²) in [5.74, 6) is 0.0189. The van der Waals surface area contributed by atoms with Gasteiger partial charge in [0.1, 0.15) is 0 Å². The minimum atomic E-state index is 0.0189. The molecule has 1 aromatic carbocycles. The Morgan fingerprint density at radius 1 is 1.38 bits per heavy atom. The Bertz CT molecular complexity index is 723. The van der Waals surface area contributed by atoms with E-state index in [2.05, 4.69) is 5.10 Å². The summed E-state index contributed by atoms with van der Waals surface area (Å²) >= 11 is 0. The molecule has 1 unspecified atom stereocenters. The van der Waals surface area contributed by atoms with Gasteiger partial charge < -0.3 is 14.7 Å². The number of hydrogen-bond donors (Lipinski definition) is 1. The van der Waals surface area contributed by atoms with Gasteiger partial charge >= 0.3 is 0 Å². The second-order valence-electron chi connectivity index (χ2n) is 6.80. The van der Waals surface area contributed by atoms with E-state index in [1.54, 1.807) is 15.8 Å². The molecule has 1 fully saturated rings. The first-order chi connectivity index (χ1) is 12.7. The molecule has 1 atom stereocenters. The van der Waals surface area contributed by atoms with Crippen LogP contribution in [0.3, 0.4) is 0 Å².